The molecule has 1 aliphatic carbocycles. The Hall–Kier alpha value is -1.32. The molecule has 0 aromatic heterocycles. The summed E-state index contributed by atoms with van der Waals surface area (Å²) >= 11 is 0. The van der Waals surface area contributed by atoms with Gasteiger partial charge in [0.25, 0.3) is 0 Å². The number of hydrogen-bond acceptors (Lipinski definition) is 4. The maximum absolute atomic E-state index is 12.1. The molecule has 0 aromatic carbocycles. The maximum Gasteiger partial charge on any atom is 0.323 e. The molecule has 0 saturated heterocycles. The SMILES string of the molecule is COC(=O)C1(C(=O)OC)[C@H](C)CC=CC[C@@H]1C. The fourth-order valence-electron chi connectivity index (χ4n) is 2.68. The van der Waals surface area contributed by atoms with Gasteiger partial charge in [-0.3, -0.25) is 9.59 Å². The molecule has 0 radical (unpaired) electrons. The summed E-state index contributed by atoms with van der Waals surface area (Å²) in [4.78, 5) is 24.2. The molecule has 0 heterocycles. The fourth-order valence-corrected chi connectivity index (χ4v) is 2.68. The minimum absolute atomic E-state index is 0.129. The first kappa shape index (κ1) is 13.7. The van der Waals surface area contributed by atoms with Crippen LogP contribution in [0.3, 0.4) is 0 Å². The minimum atomic E-state index is -1.19. The van der Waals surface area contributed by atoms with Crippen molar-refractivity contribution in [3.05, 3.63) is 12.2 Å². The molecule has 0 saturated carbocycles. The third-order valence-electron chi connectivity index (χ3n) is 3.75. The van der Waals surface area contributed by atoms with E-state index in [9.17, 15) is 9.59 Å². The topological polar surface area (TPSA) is 52.6 Å². The number of ether oxygens (including phenoxy) is 2. The average molecular weight is 240 g/mol. The van der Waals surface area contributed by atoms with Gasteiger partial charge in [-0.05, 0) is 24.7 Å². The molecule has 0 spiro atoms. The van der Waals surface area contributed by atoms with Crippen LogP contribution in [0.2, 0.25) is 0 Å². The molecule has 17 heavy (non-hydrogen) atoms. The Bertz CT molecular complexity index is 300. The van der Waals surface area contributed by atoms with Gasteiger partial charge < -0.3 is 9.47 Å². The number of carbonyl (C=O) groups excluding carboxylic acids is 2. The second-order valence-corrected chi connectivity index (χ2v) is 4.60. The number of hydrogen-bond donors (Lipinski definition) is 0. The van der Waals surface area contributed by atoms with E-state index in [0.717, 1.165) is 0 Å². The van der Waals surface area contributed by atoms with Crippen molar-refractivity contribution in [2.75, 3.05) is 14.2 Å². The summed E-state index contributed by atoms with van der Waals surface area (Å²) in [6.07, 6.45) is 5.37. The van der Waals surface area contributed by atoms with Gasteiger partial charge >= 0.3 is 11.9 Å². The van der Waals surface area contributed by atoms with Crippen molar-refractivity contribution in [2.24, 2.45) is 17.3 Å². The van der Waals surface area contributed by atoms with Crippen LogP contribution >= 0.6 is 0 Å². The predicted molar refractivity (Wildman–Crippen MR) is 63.2 cm³/mol. The van der Waals surface area contributed by atoms with E-state index >= 15 is 0 Å². The largest absolute Gasteiger partial charge is 0.468 e. The lowest BCUT2D eigenvalue weighted by Gasteiger charge is -2.36. The molecule has 96 valence electrons. The maximum atomic E-state index is 12.1. The van der Waals surface area contributed by atoms with Gasteiger partial charge in [0, 0.05) is 0 Å². The summed E-state index contributed by atoms with van der Waals surface area (Å²) in [5.74, 6) is -1.24. The molecule has 0 unspecified atom stereocenters. The third kappa shape index (κ3) is 2.08. The van der Waals surface area contributed by atoms with E-state index in [1.807, 2.05) is 26.0 Å². The van der Waals surface area contributed by atoms with Crippen LogP contribution in [0.15, 0.2) is 12.2 Å². The Morgan fingerprint density at radius 1 is 1.00 bits per heavy atom. The van der Waals surface area contributed by atoms with Gasteiger partial charge in [-0.2, -0.15) is 0 Å². The normalized spacial score (nSPS) is 27.1. The summed E-state index contributed by atoms with van der Waals surface area (Å²) in [6, 6.07) is 0. The highest BCUT2D eigenvalue weighted by Gasteiger charge is 2.56. The molecule has 1 rings (SSSR count). The highest BCUT2D eigenvalue weighted by molar-refractivity contribution is 6.00. The lowest BCUT2D eigenvalue weighted by atomic mass is 9.66. The van der Waals surface area contributed by atoms with Gasteiger partial charge in [0.15, 0.2) is 5.41 Å². The Morgan fingerprint density at radius 2 is 1.35 bits per heavy atom. The lowest BCUT2D eigenvalue weighted by Crippen LogP contribution is -2.50. The van der Waals surface area contributed by atoms with Crippen molar-refractivity contribution in [3.8, 4) is 0 Å². The van der Waals surface area contributed by atoms with E-state index < -0.39 is 17.4 Å². The van der Waals surface area contributed by atoms with Crippen LogP contribution in [0.4, 0.5) is 0 Å². The highest BCUT2D eigenvalue weighted by atomic mass is 16.5. The first-order chi connectivity index (χ1) is 8.01. The quantitative estimate of drug-likeness (QED) is 0.420. The van der Waals surface area contributed by atoms with Crippen molar-refractivity contribution in [3.63, 3.8) is 0 Å². The number of carbonyl (C=O) groups is 2. The molecule has 4 heteroatoms. The first-order valence-corrected chi connectivity index (χ1v) is 5.83. The van der Waals surface area contributed by atoms with Crippen LogP contribution in [-0.4, -0.2) is 26.2 Å². The molecular formula is C13H20O4. The number of esters is 2. The molecule has 4 nitrogen and oxygen atoms in total. The van der Waals surface area contributed by atoms with E-state index in [4.69, 9.17) is 9.47 Å². The van der Waals surface area contributed by atoms with Crippen molar-refractivity contribution in [1.29, 1.82) is 0 Å². The van der Waals surface area contributed by atoms with Gasteiger partial charge in [0.2, 0.25) is 0 Å². The summed E-state index contributed by atoms with van der Waals surface area (Å²) < 4.78 is 9.69. The zero-order valence-corrected chi connectivity index (χ0v) is 10.9. The summed E-state index contributed by atoms with van der Waals surface area (Å²) in [7, 11) is 2.62. The Morgan fingerprint density at radius 3 is 1.65 bits per heavy atom. The Labute approximate surface area is 102 Å². The predicted octanol–water partition coefficient (Wildman–Crippen LogP) is 1.94. The molecule has 0 aliphatic heterocycles. The molecule has 0 amide bonds. The third-order valence-corrected chi connectivity index (χ3v) is 3.75. The van der Waals surface area contributed by atoms with Gasteiger partial charge in [0.1, 0.15) is 0 Å². The smallest absolute Gasteiger partial charge is 0.323 e. The summed E-state index contributed by atoms with van der Waals surface area (Å²) in [5.41, 5.74) is -1.19. The lowest BCUT2D eigenvalue weighted by molar-refractivity contribution is -0.178. The van der Waals surface area contributed by atoms with E-state index in [1.54, 1.807) is 0 Å². The molecule has 2 atom stereocenters. The Balaban J connectivity index is 3.27. The first-order valence-electron chi connectivity index (χ1n) is 5.83. The van der Waals surface area contributed by atoms with Crippen LogP contribution in [0.1, 0.15) is 26.7 Å². The minimum Gasteiger partial charge on any atom is -0.468 e. The second-order valence-electron chi connectivity index (χ2n) is 4.60. The monoisotopic (exact) mass is 240 g/mol. The van der Waals surface area contributed by atoms with Crippen LogP contribution < -0.4 is 0 Å². The molecule has 0 aromatic rings. The molecule has 0 N–H and O–H groups in total. The average Bonchev–Trinajstić information content (AvgIpc) is 2.47. The van der Waals surface area contributed by atoms with Crippen LogP contribution in [0.25, 0.3) is 0 Å². The standard InChI is InChI=1S/C13H20O4/c1-9-7-5-6-8-10(2)13(9,11(14)16-3)12(15)17-4/h5-6,9-10H,7-8H2,1-4H3/t9-,10+. The summed E-state index contributed by atoms with van der Waals surface area (Å²) in [6.45, 7) is 3.78. The molecule has 1 aliphatic rings. The van der Waals surface area contributed by atoms with E-state index in [-0.39, 0.29) is 11.8 Å². The number of rotatable bonds is 2. The van der Waals surface area contributed by atoms with Crippen LogP contribution in [-0.2, 0) is 19.1 Å². The van der Waals surface area contributed by atoms with E-state index in [1.165, 1.54) is 14.2 Å². The second kappa shape index (κ2) is 5.34. The Kier molecular flexibility index (Phi) is 4.32. The number of methoxy groups -OCH3 is 2. The highest BCUT2D eigenvalue weighted by Crippen LogP contribution is 2.44. The zero-order chi connectivity index (χ0) is 13.1. The van der Waals surface area contributed by atoms with Gasteiger partial charge in [-0.15, -0.1) is 0 Å². The molecule has 0 fully saturated rings. The fraction of sp³-hybridized carbons (Fsp3) is 0.692. The molecule has 0 bridgehead atoms. The van der Waals surface area contributed by atoms with Crippen LogP contribution in [0, 0.1) is 17.3 Å². The van der Waals surface area contributed by atoms with Crippen molar-refractivity contribution >= 4 is 11.9 Å². The van der Waals surface area contributed by atoms with Gasteiger partial charge in [-0.25, -0.2) is 0 Å². The molecular weight excluding hydrogens is 220 g/mol. The van der Waals surface area contributed by atoms with Crippen molar-refractivity contribution < 1.29 is 19.1 Å². The van der Waals surface area contributed by atoms with E-state index in [2.05, 4.69) is 0 Å². The van der Waals surface area contributed by atoms with Gasteiger partial charge in [0.05, 0.1) is 14.2 Å². The zero-order valence-electron chi connectivity index (χ0n) is 10.9. The van der Waals surface area contributed by atoms with Crippen LogP contribution in [0.5, 0.6) is 0 Å². The van der Waals surface area contributed by atoms with Gasteiger partial charge in [-0.1, -0.05) is 26.0 Å². The van der Waals surface area contributed by atoms with Crippen molar-refractivity contribution in [2.45, 2.75) is 26.7 Å². The van der Waals surface area contributed by atoms with E-state index in [0.29, 0.717) is 12.8 Å². The van der Waals surface area contributed by atoms with Crippen molar-refractivity contribution in [1.82, 2.24) is 0 Å². The number of allylic oxidation sites excluding steroid dienone is 2. The summed E-state index contributed by atoms with van der Waals surface area (Å²) in [5, 5.41) is 0.